The Bertz CT molecular complexity index is 1120. The van der Waals surface area contributed by atoms with Crippen molar-refractivity contribution in [1.29, 1.82) is 0 Å². The highest BCUT2D eigenvalue weighted by atomic mass is 16.2. The normalized spacial score (nSPS) is 16.7. The predicted octanol–water partition coefficient (Wildman–Crippen LogP) is 4.19. The van der Waals surface area contributed by atoms with Crippen molar-refractivity contribution in [1.82, 2.24) is 10.6 Å². The quantitative estimate of drug-likeness (QED) is 0.430. The van der Waals surface area contributed by atoms with Gasteiger partial charge in [0.1, 0.15) is 0 Å². The number of nitrogens with zero attached hydrogens (tertiary/aromatic N) is 2. The molecule has 1 aliphatic heterocycles. The fraction of sp³-hybridized carbons (Fsp3) is 0.250. The largest absolute Gasteiger partial charge is 0.350 e. The lowest BCUT2D eigenvalue weighted by Gasteiger charge is -2.32. The van der Waals surface area contributed by atoms with Crippen molar-refractivity contribution in [3.05, 3.63) is 96.6 Å². The molecule has 0 aliphatic carbocycles. The number of hydrazone groups is 1. The smallest absolute Gasteiger partial charge is 0.300 e. The van der Waals surface area contributed by atoms with Crippen LogP contribution in [0.1, 0.15) is 26.3 Å². The third kappa shape index (κ3) is 6.55. The zero-order valence-electron chi connectivity index (χ0n) is 20.5. The highest BCUT2D eigenvalue weighted by Gasteiger charge is 2.52. The molecule has 3 aromatic rings. The van der Waals surface area contributed by atoms with Gasteiger partial charge < -0.3 is 16.0 Å². The second-order valence-corrected chi connectivity index (χ2v) is 8.04. The third-order valence-electron chi connectivity index (χ3n) is 5.35. The fourth-order valence-electron chi connectivity index (χ4n) is 3.76. The number of amides is 2. The molecule has 3 N–H and O–H groups in total. The maximum absolute atomic E-state index is 13.7. The summed E-state index contributed by atoms with van der Waals surface area (Å²) < 4.78 is 0. The van der Waals surface area contributed by atoms with Crippen LogP contribution in [-0.4, -0.2) is 36.3 Å². The lowest BCUT2D eigenvalue weighted by atomic mass is 9.96. The first-order valence-electron chi connectivity index (χ1n) is 11.8. The lowest BCUT2D eigenvalue weighted by molar-refractivity contribution is -0.127. The second-order valence-electron chi connectivity index (χ2n) is 8.04. The highest BCUT2D eigenvalue weighted by molar-refractivity contribution is 6.26. The number of carbonyl (C=O) groups is 2. The average molecular weight is 472 g/mol. The van der Waals surface area contributed by atoms with Gasteiger partial charge in [-0.3, -0.25) is 9.59 Å². The molecule has 7 nitrogen and oxygen atoms in total. The van der Waals surface area contributed by atoms with Crippen LogP contribution < -0.4 is 21.0 Å². The summed E-state index contributed by atoms with van der Waals surface area (Å²) in [5.41, 5.74) is 1.36. The molecule has 0 saturated carbocycles. The van der Waals surface area contributed by atoms with Crippen LogP contribution in [0, 0.1) is 0 Å². The molecule has 0 saturated heterocycles. The minimum Gasteiger partial charge on any atom is -0.350 e. The van der Waals surface area contributed by atoms with Crippen LogP contribution >= 0.6 is 0 Å². The first-order chi connectivity index (χ1) is 17.0. The van der Waals surface area contributed by atoms with E-state index in [1.54, 1.807) is 0 Å². The molecular weight excluding hydrogens is 438 g/mol. The minimum absolute atomic E-state index is 0.331. The van der Waals surface area contributed by atoms with E-state index in [-0.39, 0.29) is 11.8 Å². The van der Waals surface area contributed by atoms with Gasteiger partial charge in [0.25, 0.3) is 5.91 Å². The number of nitrogens with one attached hydrogen (secondary N) is 3. The number of benzene rings is 3. The van der Waals surface area contributed by atoms with Crippen LogP contribution in [0.3, 0.4) is 0 Å². The number of hydrogen-bond acceptors (Lipinski definition) is 5. The van der Waals surface area contributed by atoms with Gasteiger partial charge in [0, 0.05) is 19.0 Å². The maximum atomic E-state index is 13.7. The Morgan fingerprint density at radius 2 is 1.40 bits per heavy atom. The van der Waals surface area contributed by atoms with E-state index in [4.69, 9.17) is 0 Å². The van der Waals surface area contributed by atoms with Crippen molar-refractivity contribution in [3.8, 4) is 0 Å². The van der Waals surface area contributed by atoms with Crippen molar-refractivity contribution in [2.45, 2.75) is 32.9 Å². The summed E-state index contributed by atoms with van der Waals surface area (Å²) in [6.07, 6.45) is 0.399. The minimum atomic E-state index is -1.49. The molecule has 3 aromatic carbocycles. The number of rotatable bonds is 8. The fourth-order valence-corrected chi connectivity index (χ4v) is 3.76. The van der Waals surface area contributed by atoms with Crippen molar-refractivity contribution < 1.29 is 9.59 Å². The molecule has 0 bridgehead atoms. The Balaban J connectivity index is 0.000000623. The van der Waals surface area contributed by atoms with Crippen LogP contribution in [0.2, 0.25) is 0 Å². The highest BCUT2D eigenvalue weighted by Crippen LogP contribution is 2.29. The van der Waals surface area contributed by atoms with Crippen LogP contribution in [-0.2, 0) is 16.0 Å². The van der Waals surface area contributed by atoms with Gasteiger partial charge in [-0.15, -0.1) is 0 Å². The molecular formula is C28H33N5O2. The Morgan fingerprint density at radius 1 is 0.857 bits per heavy atom. The molecule has 1 aliphatic rings. The third-order valence-corrected chi connectivity index (χ3v) is 5.35. The average Bonchev–Trinajstić information content (AvgIpc) is 3.12. The van der Waals surface area contributed by atoms with Crippen LogP contribution in [0.5, 0.6) is 0 Å². The van der Waals surface area contributed by atoms with Crippen LogP contribution in [0.4, 0.5) is 11.4 Å². The molecule has 0 fully saturated rings. The van der Waals surface area contributed by atoms with Gasteiger partial charge >= 0.3 is 0 Å². The Kier molecular flexibility index (Phi) is 9.15. The molecule has 0 spiro atoms. The molecule has 35 heavy (non-hydrogen) atoms. The van der Waals surface area contributed by atoms with E-state index in [0.717, 1.165) is 18.7 Å². The van der Waals surface area contributed by atoms with Gasteiger partial charge in [-0.1, -0.05) is 80.6 Å². The molecule has 0 aromatic heterocycles. The first kappa shape index (κ1) is 25.6. The van der Waals surface area contributed by atoms with E-state index >= 15 is 0 Å². The van der Waals surface area contributed by atoms with Gasteiger partial charge in [0.2, 0.25) is 11.6 Å². The lowest BCUT2D eigenvalue weighted by Crippen LogP contribution is -2.65. The van der Waals surface area contributed by atoms with Gasteiger partial charge in [-0.2, -0.15) is 10.1 Å². The van der Waals surface area contributed by atoms with E-state index in [1.807, 2.05) is 91.0 Å². The van der Waals surface area contributed by atoms with E-state index in [9.17, 15) is 9.59 Å². The number of para-hydroxylation sites is 2. The van der Waals surface area contributed by atoms with Gasteiger partial charge in [-0.25, -0.2) is 0 Å². The van der Waals surface area contributed by atoms with Crippen molar-refractivity contribution >= 4 is 28.9 Å². The Morgan fingerprint density at radius 3 is 1.91 bits per heavy atom. The van der Waals surface area contributed by atoms with E-state index < -0.39 is 5.66 Å². The summed E-state index contributed by atoms with van der Waals surface area (Å²) in [4.78, 5) is 25.9. The van der Waals surface area contributed by atoms with E-state index in [0.29, 0.717) is 23.5 Å². The summed E-state index contributed by atoms with van der Waals surface area (Å²) in [6.45, 7) is 7.78. The molecule has 0 radical (unpaired) electrons. The standard InChI is InChI=1S/C24H22N4O2.C4H11N/c1-18(29)25-24(26-20-13-7-3-8-14-20)22(17-19-11-5-2-6-12-19)27-28(23(24)30)21-15-9-4-10-16-21;1-3-5-4-2/h2-16,26H,17H2,1H3,(H,25,29);5H,3-4H2,1-2H3. The van der Waals surface area contributed by atoms with Gasteiger partial charge in [0.05, 0.1) is 11.4 Å². The van der Waals surface area contributed by atoms with Gasteiger partial charge in [-0.05, 0) is 42.9 Å². The van der Waals surface area contributed by atoms with Crippen molar-refractivity contribution in [2.24, 2.45) is 5.10 Å². The topological polar surface area (TPSA) is 85.8 Å². The number of hydrogen-bond donors (Lipinski definition) is 3. The molecule has 7 heteroatoms. The first-order valence-corrected chi connectivity index (χ1v) is 11.8. The summed E-state index contributed by atoms with van der Waals surface area (Å²) in [7, 11) is 0. The Labute approximate surface area is 207 Å². The summed E-state index contributed by atoms with van der Waals surface area (Å²) in [5.74, 6) is -0.693. The van der Waals surface area contributed by atoms with E-state index in [1.165, 1.54) is 11.9 Å². The summed E-state index contributed by atoms with van der Waals surface area (Å²) >= 11 is 0. The molecule has 1 heterocycles. The molecule has 1 unspecified atom stereocenters. The maximum Gasteiger partial charge on any atom is 0.300 e. The van der Waals surface area contributed by atoms with Crippen molar-refractivity contribution in [2.75, 3.05) is 23.4 Å². The second kappa shape index (κ2) is 12.5. The molecule has 182 valence electrons. The monoisotopic (exact) mass is 471 g/mol. The van der Waals surface area contributed by atoms with E-state index in [2.05, 4.69) is 34.9 Å². The zero-order valence-corrected chi connectivity index (χ0v) is 20.5. The Hall–Kier alpha value is -3.97. The summed E-state index contributed by atoms with van der Waals surface area (Å²) in [5, 5.41) is 15.2. The molecule has 2 amide bonds. The summed E-state index contributed by atoms with van der Waals surface area (Å²) in [6, 6.07) is 28.3. The number of anilines is 2. The zero-order chi connectivity index (χ0) is 25.1. The van der Waals surface area contributed by atoms with Crippen LogP contribution in [0.25, 0.3) is 0 Å². The van der Waals surface area contributed by atoms with Gasteiger partial charge in [0.15, 0.2) is 0 Å². The number of carbonyl (C=O) groups excluding carboxylic acids is 2. The SMILES string of the molecule is CC(=O)NC1(Nc2ccccc2)C(=O)N(c2ccccc2)N=C1Cc1ccccc1.CCNCC. The predicted molar refractivity (Wildman–Crippen MR) is 142 cm³/mol. The van der Waals surface area contributed by atoms with Crippen molar-refractivity contribution in [3.63, 3.8) is 0 Å². The molecule has 1 atom stereocenters. The van der Waals surface area contributed by atoms with Crippen LogP contribution in [0.15, 0.2) is 96.1 Å². The molecule has 4 rings (SSSR count).